The molecule has 2 aromatic rings. The first-order valence-electron chi connectivity index (χ1n) is 6.19. The molecule has 0 aliphatic rings. The Bertz CT molecular complexity index is 601. The summed E-state index contributed by atoms with van der Waals surface area (Å²) in [6, 6.07) is 15.3. The minimum atomic E-state index is -0.403. The molecule has 0 aliphatic heterocycles. The number of nitrogen functional groups attached to an aromatic ring is 1. The van der Waals surface area contributed by atoms with Crippen LogP contribution in [0.5, 0.6) is 0 Å². The van der Waals surface area contributed by atoms with Gasteiger partial charge in [-0.25, -0.2) is 0 Å². The molecule has 0 aliphatic carbocycles. The molecule has 0 radical (unpaired) electrons. The summed E-state index contributed by atoms with van der Waals surface area (Å²) in [7, 11) is 0. The highest BCUT2D eigenvalue weighted by molar-refractivity contribution is 9.10. The number of carbonyl (C=O) groups excluding carboxylic acids is 1. The molecule has 20 heavy (non-hydrogen) atoms. The quantitative estimate of drug-likeness (QED) is 0.733. The smallest absolute Gasteiger partial charge is 0.231 e. The first kappa shape index (κ1) is 14.6. The number of anilines is 1. The third-order valence-corrected chi connectivity index (χ3v) is 3.47. The molecule has 5 N–H and O–H groups in total. The minimum absolute atomic E-state index is 0.0888. The number of hydrogen-bond donors (Lipinski definition) is 3. The first-order valence-corrected chi connectivity index (χ1v) is 6.99. The van der Waals surface area contributed by atoms with E-state index in [1.807, 2.05) is 48.5 Å². The fourth-order valence-electron chi connectivity index (χ4n) is 2.05. The molecule has 0 fully saturated rings. The normalized spacial score (nSPS) is 12.1. The molecule has 1 amide bonds. The van der Waals surface area contributed by atoms with Crippen LogP contribution in [0.2, 0.25) is 0 Å². The second-order valence-corrected chi connectivity index (χ2v) is 5.38. The Hall–Kier alpha value is -1.85. The molecule has 0 unspecified atom stereocenters. The SMILES string of the molecule is NC(=O)CN[C@@H](c1ccccc1)c1cc(Br)ccc1N. The van der Waals surface area contributed by atoms with E-state index >= 15 is 0 Å². The van der Waals surface area contributed by atoms with Gasteiger partial charge in [-0.15, -0.1) is 0 Å². The lowest BCUT2D eigenvalue weighted by molar-refractivity contribution is -0.117. The van der Waals surface area contributed by atoms with Crippen molar-refractivity contribution >= 4 is 27.5 Å². The highest BCUT2D eigenvalue weighted by Gasteiger charge is 2.17. The summed E-state index contributed by atoms with van der Waals surface area (Å²) in [6.07, 6.45) is 0. The molecular formula is C15H16BrN3O. The van der Waals surface area contributed by atoms with E-state index < -0.39 is 5.91 Å². The fraction of sp³-hybridized carbons (Fsp3) is 0.133. The van der Waals surface area contributed by atoms with Crippen LogP contribution in [0, 0.1) is 0 Å². The number of nitrogens with one attached hydrogen (secondary N) is 1. The highest BCUT2D eigenvalue weighted by atomic mass is 79.9. The largest absolute Gasteiger partial charge is 0.398 e. The van der Waals surface area contributed by atoms with Crippen molar-refractivity contribution in [2.45, 2.75) is 6.04 Å². The number of carbonyl (C=O) groups is 1. The third kappa shape index (κ3) is 3.59. The van der Waals surface area contributed by atoms with Gasteiger partial charge in [-0.1, -0.05) is 46.3 Å². The number of primary amides is 1. The third-order valence-electron chi connectivity index (χ3n) is 2.97. The van der Waals surface area contributed by atoms with Crippen LogP contribution in [0.25, 0.3) is 0 Å². The molecule has 2 aromatic carbocycles. The first-order chi connectivity index (χ1) is 9.58. The fourth-order valence-corrected chi connectivity index (χ4v) is 2.43. The number of benzene rings is 2. The maximum absolute atomic E-state index is 11.0. The maximum atomic E-state index is 11.0. The van der Waals surface area contributed by atoms with Crippen LogP contribution in [-0.2, 0) is 4.79 Å². The Morgan fingerprint density at radius 2 is 1.90 bits per heavy atom. The van der Waals surface area contributed by atoms with E-state index in [0.717, 1.165) is 15.6 Å². The Morgan fingerprint density at radius 1 is 1.20 bits per heavy atom. The molecule has 0 aromatic heterocycles. The van der Waals surface area contributed by atoms with Gasteiger partial charge < -0.3 is 11.5 Å². The molecule has 4 nitrogen and oxygen atoms in total. The van der Waals surface area contributed by atoms with E-state index in [-0.39, 0.29) is 12.6 Å². The van der Waals surface area contributed by atoms with Crippen LogP contribution in [0.4, 0.5) is 5.69 Å². The standard InChI is InChI=1S/C15H16BrN3O/c16-11-6-7-13(17)12(8-11)15(19-9-14(18)20)10-4-2-1-3-5-10/h1-8,15,19H,9,17H2,(H2,18,20)/t15-/m0/s1. The Morgan fingerprint density at radius 3 is 2.55 bits per heavy atom. The van der Waals surface area contributed by atoms with E-state index in [2.05, 4.69) is 21.2 Å². The van der Waals surface area contributed by atoms with Crippen LogP contribution in [0.1, 0.15) is 17.2 Å². The molecule has 5 heteroatoms. The van der Waals surface area contributed by atoms with Gasteiger partial charge >= 0.3 is 0 Å². The lowest BCUT2D eigenvalue weighted by atomic mass is 9.97. The maximum Gasteiger partial charge on any atom is 0.231 e. The van der Waals surface area contributed by atoms with E-state index in [1.165, 1.54) is 0 Å². The summed E-state index contributed by atoms with van der Waals surface area (Å²) in [5, 5.41) is 3.14. The van der Waals surface area contributed by atoms with Gasteiger partial charge in [0.25, 0.3) is 0 Å². The lowest BCUT2D eigenvalue weighted by Crippen LogP contribution is -2.32. The van der Waals surface area contributed by atoms with Crippen LogP contribution < -0.4 is 16.8 Å². The van der Waals surface area contributed by atoms with Crippen molar-refractivity contribution in [2.75, 3.05) is 12.3 Å². The van der Waals surface area contributed by atoms with Crippen LogP contribution in [-0.4, -0.2) is 12.5 Å². The molecule has 0 saturated carbocycles. The van der Waals surface area contributed by atoms with Gasteiger partial charge in [0.1, 0.15) is 0 Å². The van der Waals surface area contributed by atoms with Gasteiger partial charge in [-0.2, -0.15) is 0 Å². The van der Waals surface area contributed by atoms with E-state index in [1.54, 1.807) is 0 Å². The Labute approximate surface area is 126 Å². The van der Waals surface area contributed by atoms with Crippen molar-refractivity contribution in [1.82, 2.24) is 5.32 Å². The van der Waals surface area contributed by atoms with Crippen molar-refractivity contribution in [1.29, 1.82) is 0 Å². The van der Waals surface area contributed by atoms with Crippen molar-refractivity contribution < 1.29 is 4.79 Å². The number of amides is 1. The Kier molecular flexibility index (Phi) is 4.76. The zero-order valence-electron chi connectivity index (χ0n) is 10.8. The minimum Gasteiger partial charge on any atom is -0.398 e. The van der Waals surface area contributed by atoms with Crippen molar-refractivity contribution in [3.05, 3.63) is 64.1 Å². The summed E-state index contributed by atoms with van der Waals surface area (Å²) in [6.45, 7) is 0.0888. The lowest BCUT2D eigenvalue weighted by Gasteiger charge is -2.21. The van der Waals surface area contributed by atoms with Gasteiger partial charge in [0.05, 0.1) is 12.6 Å². The second kappa shape index (κ2) is 6.54. The highest BCUT2D eigenvalue weighted by Crippen LogP contribution is 2.29. The number of halogens is 1. The molecule has 2 rings (SSSR count). The van der Waals surface area contributed by atoms with Crippen molar-refractivity contribution in [3.8, 4) is 0 Å². The summed E-state index contributed by atoms with van der Waals surface area (Å²) in [5.41, 5.74) is 13.9. The molecule has 1 atom stereocenters. The predicted molar refractivity (Wildman–Crippen MR) is 84.0 cm³/mol. The molecular weight excluding hydrogens is 318 g/mol. The predicted octanol–water partition coefficient (Wildman–Crippen LogP) is 2.20. The van der Waals surface area contributed by atoms with Gasteiger partial charge in [-0.3, -0.25) is 10.1 Å². The second-order valence-electron chi connectivity index (χ2n) is 4.46. The van der Waals surface area contributed by atoms with Gasteiger partial charge in [0.2, 0.25) is 5.91 Å². The average molecular weight is 334 g/mol. The zero-order chi connectivity index (χ0) is 14.5. The van der Waals surface area contributed by atoms with Gasteiger partial charge in [0, 0.05) is 10.2 Å². The van der Waals surface area contributed by atoms with Crippen LogP contribution in [0.3, 0.4) is 0 Å². The summed E-state index contributed by atoms with van der Waals surface area (Å²) in [5.74, 6) is -0.403. The van der Waals surface area contributed by atoms with E-state index in [0.29, 0.717) is 5.69 Å². The van der Waals surface area contributed by atoms with Crippen molar-refractivity contribution in [3.63, 3.8) is 0 Å². The summed E-state index contributed by atoms with van der Waals surface area (Å²) >= 11 is 3.44. The van der Waals surface area contributed by atoms with Crippen LogP contribution >= 0.6 is 15.9 Å². The topological polar surface area (TPSA) is 81.1 Å². The molecule has 0 heterocycles. The molecule has 0 spiro atoms. The molecule has 0 saturated heterocycles. The molecule has 104 valence electrons. The van der Waals surface area contributed by atoms with Gasteiger partial charge in [0.15, 0.2) is 0 Å². The monoisotopic (exact) mass is 333 g/mol. The summed E-state index contributed by atoms with van der Waals surface area (Å²) in [4.78, 5) is 11.0. The number of rotatable bonds is 5. The number of nitrogens with two attached hydrogens (primary N) is 2. The van der Waals surface area contributed by atoms with E-state index in [9.17, 15) is 4.79 Å². The number of hydrogen-bond acceptors (Lipinski definition) is 3. The van der Waals surface area contributed by atoms with Crippen LogP contribution in [0.15, 0.2) is 53.0 Å². The van der Waals surface area contributed by atoms with E-state index in [4.69, 9.17) is 11.5 Å². The average Bonchev–Trinajstić information content (AvgIpc) is 2.43. The molecule has 0 bridgehead atoms. The van der Waals surface area contributed by atoms with Crippen molar-refractivity contribution in [2.24, 2.45) is 5.73 Å². The summed E-state index contributed by atoms with van der Waals surface area (Å²) < 4.78 is 0.934. The Balaban J connectivity index is 2.40. The van der Waals surface area contributed by atoms with Gasteiger partial charge in [-0.05, 0) is 29.3 Å². The zero-order valence-corrected chi connectivity index (χ0v) is 12.4.